The fraction of sp³-hybridized carbons (Fsp3) is 0.600. The number of pyridine rings is 1. The minimum absolute atomic E-state index is 0.358. The van der Waals surface area contributed by atoms with Crippen LogP contribution in [0.1, 0.15) is 48.5 Å². The molecule has 0 saturated carbocycles. The lowest BCUT2D eigenvalue weighted by molar-refractivity contribution is 0.0696. The van der Waals surface area contributed by atoms with Crippen LogP contribution in [-0.2, 0) is 0 Å². The van der Waals surface area contributed by atoms with Crippen molar-refractivity contribution in [2.75, 3.05) is 18.0 Å². The Kier molecular flexibility index (Phi) is 4.40. The smallest absolute Gasteiger partial charge is 0.339 e. The topological polar surface area (TPSA) is 53.4 Å². The summed E-state index contributed by atoms with van der Waals surface area (Å²) in [6, 6.07) is 1.76. The zero-order valence-electron chi connectivity index (χ0n) is 11.7. The molecule has 0 unspecified atom stereocenters. The van der Waals surface area contributed by atoms with Gasteiger partial charge in [-0.2, -0.15) is 0 Å². The van der Waals surface area contributed by atoms with Gasteiger partial charge in [-0.3, -0.25) is 0 Å². The first-order chi connectivity index (χ1) is 9.13. The van der Waals surface area contributed by atoms with E-state index in [9.17, 15) is 9.90 Å². The Labute approximate surface area is 114 Å². The van der Waals surface area contributed by atoms with Gasteiger partial charge in [-0.05, 0) is 37.3 Å². The second kappa shape index (κ2) is 6.04. The molecule has 1 saturated heterocycles. The molecule has 0 aromatic carbocycles. The standard InChI is InChI=1S/C15H22N2O2/c1-3-4-12-6-9-17(10-7-12)14-13(15(18)19)11(2)5-8-16-14/h5,8,12H,3-4,6-7,9-10H2,1-2H3,(H,18,19). The van der Waals surface area contributed by atoms with Crippen molar-refractivity contribution in [3.05, 3.63) is 23.4 Å². The molecule has 1 aliphatic rings. The van der Waals surface area contributed by atoms with Crippen molar-refractivity contribution in [1.29, 1.82) is 0 Å². The van der Waals surface area contributed by atoms with Crippen LogP contribution in [0.4, 0.5) is 5.82 Å². The van der Waals surface area contributed by atoms with Crippen molar-refractivity contribution in [1.82, 2.24) is 4.98 Å². The average molecular weight is 262 g/mol. The molecule has 0 radical (unpaired) electrons. The van der Waals surface area contributed by atoms with Crippen LogP contribution in [0.5, 0.6) is 0 Å². The van der Waals surface area contributed by atoms with Crippen LogP contribution >= 0.6 is 0 Å². The molecule has 1 N–H and O–H groups in total. The van der Waals surface area contributed by atoms with Crippen molar-refractivity contribution in [3.63, 3.8) is 0 Å². The zero-order valence-corrected chi connectivity index (χ0v) is 11.7. The summed E-state index contributed by atoms with van der Waals surface area (Å²) in [5, 5.41) is 9.35. The van der Waals surface area contributed by atoms with E-state index >= 15 is 0 Å². The summed E-state index contributed by atoms with van der Waals surface area (Å²) in [5.41, 5.74) is 1.14. The molecule has 4 heteroatoms. The molecule has 1 aromatic rings. The number of nitrogens with zero attached hydrogens (tertiary/aromatic N) is 2. The normalized spacial score (nSPS) is 16.6. The Morgan fingerprint density at radius 2 is 2.16 bits per heavy atom. The second-order valence-electron chi connectivity index (χ2n) is 5.35. The molecule has 4 nitrogen and oxygen atoms in total. The SMILES string of the molecule is CCCC1CCN(c2nccc(C)c2C(=O)O)CC1. The predicted molar refractivity (Wildman–Crippen MR) is 75.8 cm³/mol. The Morgan fingerprint density at radius 1 is 1.47 bits per heavy atom. The lowest BCUT2D eigenvalue weighted by Gasteiger charge is -2.33. The van der Waals surface area contributed by atoms with Crippen molar-refractivity contribution in [2.45, 2.75) is 39.5 Å². The maximum Gasteiger partial charge on any atom is 0.339 e. The highest BCUT2D eigenvalue weighted by Crippen LogP contribution is 2.28. The number of hydrogen-bond acceptors (Lipinski definition) is 3. The maximum atomic E-state index is 11.4. The Bertz CT molecular complexity index is 451. The van der Waals surface area contributed by atoms with Gasteiger partial charge < -0.3 is 10.0 Å². The number of rotatable bonds is 4. The van der Waals surface area contributed by atoms with E-state index in [-0.39, 0.29) is 0 Å². The van der Waals surface area contributed by atoms with Crippen molar-refractivity contribution < 1.29 is 9.90 Å². The highest BCUT2D eigenvalue weighted by atomic mass is 16.4. The first kappa shape index (κ1) is 13.8. The van der Waals surface area contributed by atoms with Crippen LogP contribution in [0, 0.1) is 12.8 Å². The number of aryl methyl sites for hydroxylation is 1. The van der Waals surface area contributed by atoms with Crippen molar-refractivity contribution >= 4 is 11.8 Å². The molecular weight excluding hydrogens is 240 g/mol. The molecule has 0 spiro atoms. The monoisotopic (exact) mass is 262 g/mol. The largest absolute Gasteiger partial charge is 0.478 e. The summed E-state index contributed by atoms with van der Waals surface area (Å²) < 4.78 is 0. The molecule has 104 valence electrons. The van der Waals surface area contributed by atoms with E-state index in [0.717, 1.165) is 37.4 Å². The van der Waals surface area contributed by atoms with Crippen LogP contribution in [-0.4, -0.2) is 29.1 Å². The maximum absolute atomic E-state index is 11.4. The third-order valence-corrected chi connectivity index (χ3v) is 3.96. The number of aromatic nitrogens is 1. The minimum atomic E-state index is -0.878. The van der Waals surface area contributed by atoms with Crippen LogP contribution in [0.3, 0.4) is 0 Å². The number of carbonyl (C=O) groups is 1. The van der Waals surface area contributed by atoms with Crippen LogP contribution in [0.2, 0.25) is 0 Å². The molecule has 0 bridgehead atoms. The lowest BCUT2D eigenvalue weighted by atomic mass is 9.92. The van der Waals surface area contributed by atoms with E-state index in [1.807, 2.05) is 6.92 Å². The van der Waals surface area contributed by atoms with Gasteiger partial charge in [0.25, 0.3) is 0 Å². The van der Waals surface area contributed by atoms with Gasteiger partial charge in [0.1, 0.15) is 11.4 Å². The van der Waals surface area contributed by atoms with Gasteiger partial charge in [0, 0.05) is 19.3 Å². The third-order valence-electron chi connectivity index (χ3n) is 3.96. The summed E-state index contributed by atoms with van der Waals surface area (Å²) in [7, 11) is 0. The highest BCUT2D eigenvalue weighted by molar-refractivity contribution is 5.94. The molecule has 2 heterocycles. The fourth-order valence-corrected chi connectivity index (χ4v) is 2.89. The third kappa shape index (κ3) is 3.06. The summed E-state index contributed by atoms with van der Waals surface area (Å²) in [5.74, 6) is 0.554. The lowest BCUT2D eigenvalue weighted by Crippen LogP contribution is -2.35. The number of anilines is 1. The van der Waals surface area contributed by atoms with Crippen molar-refractivity contribution in [2.24, 2.45) is 5.92 Å². The van der Waals surface area contributed by atoms with Gasteiger partial charge in [-0.15, -0.1) is 0 Å². The van der Waals surface area contributed by atoms with Gasteiger partial charge in [0.15, 0.2) is 0 Å². The molecule has 1 aromatic heterocycles. The summed E-state index contributed by atoms with van der Waals surface area (Å²) in [4.78, 5) is 17.8. The molecule has 0 amide bonds. The quantitative estimate of drug-likeness (QED) is 0.906. The molecule has 0 aliphatic carbocycles. The summed E-state index contributed by atoms with van der Waals surface area (Å²) >= 11 is 0. The van der Waals surface area contributed by atoms with E-state index in [1.54, 1.807) is 12.3 Å². The fourth-order valence-electron chi connectivity index (χ4n) is 2.89. The first-order valence-electron chi connectivity index (χ1n) is 7.07. The molecular formula is C15H22N2O2. The molecule has 0 atom stereocenters. The van der Waals surface area contributed by atoms with Gasteiger partial charge >= 0.3 is 5.97 Å². The summed E-state index contributed by atoms with van der Waals surface area (Å²) in [6.07, 6.45) is 6.49. The van der Waals surface area contributed by atoms with E-state index in [2.05, 4.69) is 16.8 Å². The minimum Gasteiger partial charge on any atom is -0.478 e. The number of hydrogen-bond donors (Lipinski definition) is 1. The molecule has 1 fully saturated rings. The van der Waals surface area contributed by atoms with Crippen LogP contribution in [0.15, 0.2) is 12.3 Å². The summed E-state index contributed by atoms with van der Waals surface area (Å²) in [6.45, 7) is 5.89. The molecule has 19 heavy (non-hydrogen) atoms. The Hall–Kier alpha value is -1.58. The Morgan fingerprint density at radius 3 is 2.74 bits per heavy atom. The van der Waals surface area contributed by atoms with E-state index in [4.69, 9.17) is 0 Å². The van der Waals surface area contributed by atoms with Gasteiger partial charge in [0.2, 0.25) is 0 Å². The second-order valence-corrected chi connectivity index (χ2v) is 5.35. The highest BCUT2D eigenvalue weighted by Gasteiger charge is 2.24. The number of carboxylic acid groups (broad SMARTS) is 1. The van der Waals surface area contributed by atoms with E-state index in [0.29, 0.717) is 11.4 Å². The number of piperidine rings is 1. The number of carboxylic acids is 1. The van der Waals surface area contributed by atoms with Gasteiger partial charge in [0.05, 0.1) is 0 Å². The molecule has 2 rings (SSSR count). The van der Waals surface area contributed by atoms with E-state index < -0.39 is 5.97 Å². The zero-order chi connectivity index (χ0) is 13.8. The molecule has 1 aliphatic heterocycles. The van der Waals surface area contributed by atoms with Crippen molar-refractivity contribution in [3.8, 4) is 0 Å². The first-order valence-corrected chi connectivity index (χ1v) is 7.07. The number of aromatic carboxylic acids is 1. The van der Waals surface area contributed by atoms with Crippen LogP contribution < -0.4 is 4.90 Å². The van der Waals surface area contributed by atoms with Crippen LogP contribution in [0.25, 0.3) is 0 Å². The predicted octanol–water partition coefficient (Wildman–Crippen LogP) is 3.10. The Balaban J connectivity index is 2.15. The van der Waals surface area contributed by atoms with E-state index in [1.165, 1.54) is 12.8 Å². The average Bonchev–Trinajstić information content (AvgIpc) is 2.39. The van der Waals surface area contributed by atoms with Gasteiger partial charge in [-0.25, -0.2) is 9.78 Å². The van der Waals surface area contributed by atoms with Gasteiger partial charge in [-0.1, -0.05) is 19.8 Å².